The molecule has 0 aromatic heterocycles. The third-order valence-electron chi connectivity index (χ3n) is 3.14. The Hall–Kier alpha value is -3.22. The fourth-order valence-electron chi connectivity index (χ4n) is 2.11. The number of phenols is 2. The number of ether oxygens (including phenoxy) is 1. The van der Waals surface area contributed by atoms with Gasteiger partial charge in [-0.1, -0.05) is 12.1 Å². The molecule has 4 N–H and O–H groups in total. The highest BCUT2D eigenvalue weighted by Crippen LogP contribution is 2.32. The summed E-state index contributed by atoms with van der Waals surface area (Å²) < 4.78 is 5.04. The molecule has 2 aromatic rings. The summed E-state index contributed by atoms with van der Waals surface area (Å²) in [5.74, 6) is -0.955. The molecule has 7 nitrogen and oxygen atoms in total. The van der Waals surface area contributed by atoms with E-state index in [0.29, 0.717) is 23.3 Å². The smallest absolute Gasteiger partial charge is 0.341 e. The van der Waals surface area contributed by atoms with E-state index >= 15 is 0 Å². The number of amides is 1. The number of rotatable bonds is 7. The van der Waals surface area contributed by atoms with Gasteiger partial charge in [0, 0.05) is 11.6 Å². The molecule has 0 saturated heterocycles. The van der Waals surface area contributed by atoms with E-state index in [2.05, 4.69) is 5.32 Å². The minimum Gasteiger partial charge on any atom is -0.508 e. The van der Waals surface area contributed by atoms with Gasteiger partial charge < -0.3 is 25.4 Å². The summed E-state index contributed by atoms with van der Waals surface area (Å²) in [6.45, 7) is -0.450. The molecular formula is C16H15NO6. The standard InChI is InChI=1S/C16H15NO6/c18-9-17-16(13-6-3-11(19)7-14(13)20)10-1-4-12(5-2-10)23-8-15(21)22/h1-7,9,16,19-20H,8H2,(H,17,18)(H,21,22). The molecule has 0 heterocycles. The fourth-order valence-corrected chi connectivity index (χ4v) is 2.11. The molecule has 0 spiro atoms. The van der Waals surface area contributed by atoms with E-state index < -0.39 is 18.6 Å². The first-order valence-electron chi connectivity index (χ1n) is 6.67. The van der Waals surface area contributed by atoms with Crippen LogP contribution in [0.15, 0.2) is 42.5 Å². The average molecular weight is 317 g/mol. The van der Waals surface area contributed by atoms with Gasteiger partial charge in [-0.3, -0.25) is 4.79 Å². The summed E-state index contributed by atoms with van der Waals surface area (Å²) in [7, 11) is 0. The number of hydrogen-bond donors (Lipinski definition) is 4. The van der Waals surface area contributed by atoms with E-state index in [0.717, 1.165) is 0 Å². The molecular weight excluding hydrogens is 302 g/mol. The van der Waals surface area contributed by atoms with Crippen molar-refractivity contribution in [1.82, 2.24) is 5.32 Å². The maximum absolute atomic E-state index is 10.9. The Morgan fingerprint density at radius 3 is 2.43 bits per heavy atom. The number of aromatic hydroxyl groups is 2. The summed E-state index contributed by atoms with van der Waals surface area (Å²) in [5.41, 5.74) is 1.06. The second-order valence-corrected chi connectivity index (χ2v) is 4.71. The van der Waals surface area contributed by atoms with Gasteiger partial charge in [-0.25, -0.2) is 4.79 Å². The van der Waals surface area contributed by atoms with Gasteiger partial charge in [-0.2, -0.15) is 0 Å². The highest BCUT2D eigenvalue weighted by atomic mass is 16.5. The van der Waals surface area contributed by atoms with Gasteiger partial charge in [-0.15, -0.1) is 0 Å². The third kappa shape index (κ3) is 4.13. The molecule has 0 saturated carbocycles. The van der Waals surface area contributed by atoms with Crippen molar-refractivity contribution < 1.29 is 29.6 Å². The highest BCUT2D eigenvalue weighted by molar-refractivity contribution is 5.68. The maximum Gasteiger partial charge on any atom is 0.341 e. The minimum atomic E-state index is -1.08. The zero-order valence-corrected chi connectivity index (χ0v) is 12.0. The quantitative estimate of drug-likeness (QED) is 0.574. The molecule has 1 amide bonds. The Bertz CT molecular complexity index is 698. The molecule has 0 aliphatic rings. The van der Waals surface area contributed by atoms with Crippen LogP contribution in [0.25, 0.3) is 0 Å². The van der Waals surface area contributed by atoms with Crippen LogP contribution in [0.4, 0.5) is 0 Å². The normalized spacial score (nSPS) is 11.5. The average Bonchev–Trinajstić information content (AvgIpc) is 2.52. The van der Waals surface area contributed by atoms with Crippen molar-refractivity contribution >= 4 is 12.4 Å². The van der Waals surface area contributed by atoms with Crippen LogP contribution in [0.1, 0.15) is 17.2 Å². The van der Waals surface area contributed by atoms with E-state index in [1.807, 2.05) is 0 Å². The van der Waals surface area contributed by atoms with Crippen molar-refractivity contribution in [3.63, 3.8) is 0 Å². The summed E-state index contributed by atoms with van der Waals surface area (Å²) in [6.07, 6.45) is 0.506. The van der Waals surface area contributed by atoms with Crippen LogP contribution < -0.4 is 10.1 Å². The molecule has 120 valence electrons. The van der Waals surface area contributed by atoms with E-state index in [9.17, 15) is 19.8 Å². The molecule has 2 rings (SSSR count). The number of carboxylic acid groups (broad SMARTS) is 1. The van der Waals surface area contributed by atoms with Crippen LogP contribution in [0.5, 0.6) is 17.2 Å². The van der Waals surface area contributed by atoms with Crippen molar-refractivity contribution in [1.29, 1.82) is 0 Å². The Morgan fingerprint density at radius 2 is 1.87 bits per heavy atom. The van der Waals surface area contributed by atoms with Crippen molar-refractivity contribution in [2.75, 3.05) is 6.61 Å². The zero-order chi connectivity index (χ0) is 16.8. The maximum atomic E-state index is 10.9. The number of phenolic OH excluding ortho intramolecular Hbond substituents is 2. The van der Waals surface area contributed by atoms with Crippen LogP contribution in [0.3, 0.4) is 0 Å². The number of carboxylic acids is 1. The monoisotopic (exact) mass is 317 g/mol. The van der Waals surface area contributed by atoms with E-state index in [-0.39, 0.29) is 11.5 Å². The van der Waals surface area contributed by atoms with Crippen LogP contribution >= 0.6 is 0 Å². The largest absolute Gasteiger partial charge is 0.508 e. The van der Waals surface area contributed by atoms with Crippen LogP contribution in [-0.4, -0.2) is 34.3 Å². The lowest BCUT2D eigenvalue weighted by Crippen LogP contribution is -2.20. The molecule has 0 fully saturated rings. The lowest BCUT2D eigenvalue weighted by molar-refractivity contribution is -0.139. The molecule has 1 unspecified atom stereocenters. The third-order valence-corrected chi connectivity index (χ3v) is 3.14. The SMILES string of the molecule is O=CNC(c1ccc(OCC(=O)O)cc1)c1ccc(O)cc1O. The van der Waals surface area contributed by atoms with Crippen molar-refractivity contribution in [2.24, 2.45) is 0 Å². The fraction of sp³-hybridized carbons (Fsp3) is 0.125. The predicted octanol–water partition coefficient (Wildman–Crippen LogP) is 1.40. The summed E-state index contributed by atoms with van der Waals surface area (Å²) in [5, 5.41) is 30.4. The van der Waals surface area contributed by atoms with Gasteiger partial charge in [-0.05, 0) is 29.8 Å². The van der Waals surface area contributed by atoms with Crippen molar-refractivity contribution in [3.8, 4) is 17.2 Å². The van der Waals surface area contributed by atoms with E-state index in [1.54, 1.807) is 24.3 Å². The molecule has 23 heavy (non-hydrogen) atoms. The Labute approximate surface area is 131 Å². The summed E-state index contributed by atoms with van der Waals surface area (Å²) in [6, 6.07) is 9.87. The first kappa shape index (κ1) is 16.2. The molecule has 0 bridgehead atoms. The molecule has 0 aliphatic carbocycles. The van der Waals surface area contributed by atoms with Crippen LogP contribution in [0.2, 0.25) is 0 Å². The number of benzene rings is 2. The molecule has 1 atom stereocenters. The van der Waals surface area contributed by atoms with Crippen LogP contribution in [-0.2, 0) is 9.59 Å². The Balaban J connectivity index is 2.27. The summed E-state index contributed by atoms with van der Waals surface area (Å²) >= 11 is 0. The van der Waals surface area contributed by atoms with Gasteiger partial charge in [0.05, 0.1) is 6.04 Å². The number of carbonyl (C=O) groups is 2. The van der Waals surface area contributed by atoms with Crippen molar-refractivity contribution in [3.05, 3.63) is 53.6 Å². The lowest BCUT2D eigenvalue weighted by atomic mass is 9.97. The number of hydrogen-bond acceptors (Lipinski definition) is 5. The lowest BCUT2D eigenvalue weighted by Gasteiger charge is -2.18. The van der Waals surface area contributed by atoms with Gasteiger partial charge in [0.15, 0.2) is 6.61 Å². The Morgan fingerprint density at radius 1 is 1.17 bits per heavy atom. The topological polar surface area (TPSA) is 116 Å². The van der Waals surface area contributed by atoms with Crippen molar-refractivity contribution in [2.45, 2.75) is 6.04 Å². The van der Waals surface area contributed by atoms with Gasteiger partial charge in [0.25, 0.3) is 0 Å². The highest BCUT2D eigenvalue weighted by Gasteiger charge is 2.17. The number of carbonyl (C=O) groups excluding carboxylic acids is 1. The predicted molar refractivity (Wildman–Crippen MR) is 80.4 cm³/mol. The second-order valence-electron chi connectivity index (χ2n) is 4.71. The molecule has 0 aliphatic heterocycles. The minimum absolute atomic E-state index is 0.0893. The zero-order valence-electron chi connectivity index (χ0n) is 12.0. The first-order valence-corrected chi connectivity index (χ1v) is 6.67. The van der Waals surface area contributed by atoms with E-state index in [4.69, 9.17) is 9.84 Å². The van der Waals surface area contributed by atoms with Gasteiger partial charge in [0.2, 0.25) is 6.41 Å². The second kappa shape index (κ2) is 7.17. The molecule has 0 radical (unpaired) electrons. The molecule has 7 heteroatoms. The number of nitrogens with one attached hydrogen (secondary N) is 1. The Kier molecular flexibility index (Phi) is 5.03. The van der Waals surface area contributed by atoms with Crippen LogP contribution in [0, 0.1) is 0 Å². The first-order chi connectivity index (χ1) is 11.0. The van der Waals surface area contributed by atoms with Gasteiger partial charge in [0.1, 0.15) is 17.2 Å². The number of aliphatic carboxylic acids is 1. The molecule has 2 aromatic carbocycles. The van der Waals surface area contributed by atoms with Gasteiger partial charge >= 0.3 is 5.97 Å². The summed E-state index contributed by atoms with van der Waals surface area (Å²) in [4.78, 5) is 21.3. The van der Waals surface area contributed by atoms with E-state index in [1.165, 1.54) is 18.2 Å².